The molecule has 1 aromatic heterocycles. The molecule has 204 valence electrons. The molecule has 7 rings (SSSR count). The van der Waals surface area contributed by atoms with Crippen molar-refractivity contribution in [1.29, 1.82) is 0 Å². The van der Waals surface area contributed by atoms with E-state index in [1.165, 1.54) is 71.5 Å². The van der Waals surface area contributed by atoms with Crippen LogP contribution in [0.5, 0.6) is 0 Å². The first kappa shape index (κ1) is 26.3. The van der Waals surface area contributed by atoms with Gasteiger partial charge in [0.25, 0.3) is 0 Å². The predicted molar refractivity (Wildman–Crippen MR) is 177 cm³/mol. The van der Waals surface area contributed by atoms with Gasteiger partial charge in [0, 0.05) is 44.9 Å². The third-order valence-electron chi connectivity index (χ3n) is 8.85. The zero-order valence-electron chi connectivity index (χ0n) is 23.8. The van der Waals surface area contributed by atoms with Gasteiger partial charge in [-0.05, 0) is 91.8 Å². The average molecular weight is 577 g/mol. The molecule has 0 N–H and O–H groups in total. The topological polar surface area (TPSA) is 7.94 Å². The van der Waals surface area contributed by atoms with Crippen LogP contribution in [0.3, 0.4) is 0 Å². The predicted octanol–water partition coefficient (Wildman–Crippen LogP) is 9.76. The van der Waals surface area contributed by atoms with E-state index in [1.807, 2.05) is 0 Å². The molecule has 0 spiro atoms. The molecule has 0 bridgehead atoms. The molecule has 1 aliphatic carbocycles. The van der Waals surface area contributed by atoms with Crippen LogP contribution in [-0.2, 0) is 6.54 Å². The molecule has 4 heteroatoms. The summed E-state index contributed by atoms with van der Waals surface area (Å²) in [6.07, 6.45) is 12.1. The van der Waals surface area contributed by atoms with Gasteiger partial charge in [-0.15, -0.1) is 0 Å². The molecule has 0 unspecified atom stereocenters. The van der Waals surface area contributed by atoms with Crippen LogP contribution in [0.4, 0.5) is 5.69 Å². The highest BCUT2D eigenvalue weighted by atomic mass is 35.5. The van der Waals surface area contributed by atoms with Gasteiger partial charge in [0.1, 0.15) is 6.54 Å². The fourth-order valence-corrected chi connectivity index (χ4v) is 7.46. The van der Waals surface area contributed by atoms with Gasteiger partial charge in [-0.2, -0.15) is 4.58 Å². The molecule has 5 aromatic rings. The van der Waals surface area contributed by atoms with Crippen LogP contribution >= 0.6 is 23.2 Å². The number of aryl methyl sites for hydroxylation is 2. The molecule has 0 atom stereocenters. The first-order chi connectivity index (χ1) is 20.0. The summed E-state index contributed by atoms with van der Waals surface area (Å²) in [7, 11) is 0. The van der Waals surface area contributed by atoms with E-state index in [2.05, 4.69) is 115 Å². The highest BCUT2D eigenvalue weighted by Crippen LogP contribution is 2.38. The van der Waals surface area contributed by atoms with Crippen LogP contribution in [0.25, 0.3) is 38.5 Å². The Morgan fingerprint density at radius 1 is 0.878 bits per heavy atom. The number of hydrogen-bond acceptors (Lipinski definition) is 0. The molecular formula is C37H33Cl2N2+. The number of hydrogen-bond donors (Lipinski definition) is 0. The minimum absolute atomic E-state index is 0.772. The summed E-state index contributed by atoms with van der Waals surface area (Å²) < 4.78 is 4.79. The Hall–Kier alpha value is -3.59. The standard InChI is InChI=1S/C37H33Cl2N2/c1-4-40-32(30-14-8-12-28-23(3)15-18-33(40)36(28)30)20-17-25-10-6-9-24(37(25)39)16-19-31-29-13-7-11-26-21-27(38)22-34(35(26)29)41(31)5-2/h7-8,11-22H,4-6,9-10H2,1-3H3/q+1. The Kier molecular flexibility index (Phi) is 6.64. The summed E-state index contributed by atoms with van der Waals surface area (Å²) in [4.78, 5) is 0. The van der Waals surface area contributed by atoms with Crippen molar-refractivity contribution in [2.45, 2.75) is 46.6 Å². The molecule has 1 aliphatic heterocycles. The number of benzene rings is 4. The second kappa shape index (κ2) is 10.4. The molecule has 0 fully saturated rings. The zero-order valence-corrected chi connectivity index (χ0v) is 25.3. The Bertz CT molecular complexity index is 2070. The van der Waals surface area contributed by atoms with E-state index in [9.17, 15) is 0 Å². The number of halogens is 2. The summed E-state index contributed by atoms with van der Waals surface area (Å²) in [5.41, 5.74) is 8.77. The van der Waals surface area contributed by atoms with Gasteiger partial charge in [-0.1, -0.05) is 71.8 Å². The second-order valence-electron chi connectivity index (χ2n) is 11.1. The lowest BCUT2D eigenvalue weighted by Crippen LogP contribution is -2.15. The van der Waals surface area contributed by atoms with Gasteiger partial charge in [0.2, 0.25) is 11.4 Å². The minimum atomic E-state index is 0.772. The van der Waals surface area contributed by atoms with Gasteiger partial charge in [0.05, 0.1) is 16.5 Å². The van der Waals surface area contributed by atoms with Gasteiger partial charge < -0.3 is 4.57 Å². The van der Waals surface area contributed by atoms with Crippen LogP contribution in [0, 0.1) is 6.92 Å². The molecule has 2 heterocycles. The van der Waals surface area contributed by atoms with Crippen molar-refractivity contribution in [3.05, 3.63) is 117 Å². The molecule has 0 saturated carbocycles. The lowest BCUT2D eigenvalue weighted by atomic mass is 9.93. The number of rotatable bonds is 5. The van der Waals surface area contributed by atoms with Gasteiger partial charge in [-0.25, -0.2) is 0 Å². The smallest absolute Gasteiger partial charge is 0.214 e. The molecular weight excluding hydrogens is 543 g/mol. The van der Waals surface area contributed by atoms with Gasteiger partial charge in [-0.3, -0.25) is 0 Å². The summed E-state index contributed by atoms with van der Waals surface area (Å²) in [5.74, 6) is 0. The fourth-order valence-electron chi connectivity index (χ4n) is 6.93. The monoisotopic (exact) mass is 575 g/mol. The molecule has 4 aromatic carbocycles. The minimum Gasteiger partial charge on any atom is -0.341 e. The lowest BCUT2D eigenvalue weighted by Gasteiger charge is -2.16. The Morgan fingerprint density at radius 2 is 1.71 bits per heavy atom. The van der Waals surface area contributed by atoms with Crippen molar-refractivity contribution >= 4 is 73.1 Å². The Morgan fingerprint density at radius 3 is 2.54 bits per heavy atom. The van der Waals surface area contributed by atoms with Crippen molar-refractivity contribution in [2.75, 3.05) is 6.54 Å². The average Bonchev–Trinajstić information content (AvgIpc) is 3.46. The zero-order chi connectivity index (χ0) is 28.2. The van der Waals surface area contributed by atoms with E-state index in [4.69, 9.17) is 23.2 Å². The van der Waals surface area contributed by atoms with Crippen molar-refractivity contribution in [2.24, 2.45) is 0 Å². The van der Waals surface area contributed by atoms with E-state index < -0.39 is 0 Å². The molecule has 2 aliphatic rings. The van der Waals surface area contributed by atoms with Crippen molar-refractivity contribution in [3.63, 3.8) is 0 Å². The summed E-state index contributed by atoms with van der Waals surface area (Å²) in [5, 5.41) is 9.27. The van der Waals surface area contributed by atoms with Crippen LogP contribution in [0.1, 0.15) is 44.2 Å². The maximum atomic E-state index is 7.12. The third kappa shape index (κ3) is 4.19. The van der Waals surface area contributed by atoms with E-state index in [-0.39, 0.29) is 0 Å². The molecule has 41 heavy (non-hydrogen) atoms. The molecule has 2 nitrogen and oxygen atoms in total. The van der Waals surface area contributed by atoms with Crippen molar-refractivity contribution in [3.8, 4) is 0 Å². The number of nitrogens with zero attached hydrogens (tertiary/aromatic N) is 2. The SMILES string of the molecule is CCn1/c(=C/C=C2\CCCC(/C=C/C3=[N+](CC)c4ccc(C)c5cccc3c45)=C2Cl)c2cccc3cc(Cl)cc1c32. The lowest BCUT2D eigenvalue weighted by molar-refractivity contribution is -0.430. The summed E-state index contributed by atoms with van der Waals surface area (Å²) >= 11 is 13.6. The summed E-state index contributed by atoms with van der Waals surface area (Å²) in [6, 6.07) is 21.8. The maximum absolute atomic E-state index is 7.12. The normalized spacial score (nSPS) is 17.2. The second-order valence-corrected chi connectivity index (χ2v) is 11.9. The van der Waals surface area contributed by atoms with Crippen molar-refractivity contribution < 1.29 is 4.58 Å². The highest BCUT2D eigenvalue weighted by Gasteiger charge is 2.30. The van der Waals surface area contributed by atoms with E-state index in [1.54, 1.807) is 0 Å². The maximum Gasteiger partial charge on any atom is 0.214 e. The molecule has 0 amide bonds. The van der Waals surface area contributed by atoms with E-state index in [0.29, 0.717) is 0 Å². The van der Waals surface area contributed by atoms with Crippen LogP contribution in [-0.4, -0.2) is 21.4 Å². The Labute approximate surface area is 251 Å². The van der Waals surface area contributed by atoms with Gasteiger partial charge in [0.15, 0.2) is 0 Å². The first-order valence-electron chi connectivity index (χ1n) is 14.7. The molecule has 0 radical (unpaired) electrons. The third-order valence-corrected chi connectivity index (χ3v) is 9.55. The van der Waals surface area contributed by atoms with Crippen molar-refractivity contribution in [1.82, 2.24) is 4.57 Å². The summed E-state index contributed by atoms with van der Waals surface area (Å²) in [6.45, 7) is 8.41. The van der Waals surface area contributed by atoms with Crippen LogP contribution in [0.15, 0.2) is 95.1 Å². The quantitative estimate of drug-likeness (QED) is 0.184. The number of aromatic nitrogens is 1. The van der Waals surface area contributed by atoms with E-state index >= 15 is 0 Å². The van der Waals surface area contributed by atoms with Crippen LogP contribution < -0.4 is 5.35 Å². The Balaban J connectivity index is 1.30. The highest BCUT2D eigenvalue weighted by molar-refractivity contribution is 6.33. The number of allylic oxidation sites excluding steroid dienone is 6. The van der Waals surface area contributed by atoms with Gasteiger partial charge >= 0.3 is 0 Å². The first-order valence-corrected chi connectivity index (χ1v) is 15.4. The van der Waals surface area contributed by atoms with E-state index in [0.717, 1.165) is 42.4 Å². The van der Waals surface area contributed by atoms with Crippen LogP contribution in [0.2, 0.25) is 5.02 Å². The molecule has 0 saturated heterocycles. The largest absolute Gasteiger partial charge is 0.341 e. The fraction of sp³-hybridized carbons (Fsp3) is 0.216.